The Hall–Kier alpha value is -2.30. The van der Waals surface area contributed by atoms with E-state index in [4.69, 9.17) is 5.73 Å². The summed E-state index contributed by atoms with van der Waals surface area (Å²) >= 11 is 0. The van der Waals surface area contributed by atoms with Crippen LogP contribution in [0.5, 0.6) is 0 Å². The van der Waals surface area contributed by atoms with Gasteiger partial charge in [0.2, 0.25) is 0 Å². The largest absolute Gasteiger partial charge is 0.382 e. The fourth-order valence-corrected chi connectivity index (χ4v) is 1.48. The number of amides is 1. The minimum Gasteiger partial charge on any atom is -0.382 e. The van der Waals surface area contributed by atoms with Crippen LogP contribution in [0.3, 0.4) is 0 Å². The number of nitrogen functional groups attached to an aromatic ring is 1. The number of nitrogens with two attached hydrogens (primary N) is 1. The zero-order chi connectivity index (χ0) is 12.3. The standard InChI is InChI=1S/C12H14N4O/c1-2-8-3-5-9(6-4-8)14-12(17)10-7-11(13)16-15-10/h3-7H,2H2,1H3,(H,14,17)(H3,13,15,16). The second kappa shape index (κ2) is 4.69. The molecule has 1 heterocycles. The summed E-state index contributed by atoms with van der Waals surface area (Å²) in [6, 6.07) is 9.20. The van der Waals surface area contributed by atoms with Crippen LogP contribution in [0.4, 0.5) is 11.5 Å². The van der Waals surface area contributed by atoms with Gasteiger partial charge in [-0.3, -0.25) is 9.89 Å². The van der Waals surface area contributed by atoms with E-state index in [0.717, 1.165) is 12.1 Å². The van der Waals surface area contributed by atoms with Crippen LogP contribution < -0.4 is 11.1 Å². The summed E-state index contributed by atoms with van der Waals surface area (Å²) < 4.78 is 0. The Morgan fingerprint density at radius 1 is 1.41 bits per heavy atom. The molecule has 0 aliphatic carbocycles. The molecule has 17 heavy (non-hydrogen) atoms. The van der Waals surface area contributed by atoms with Gasteiger partial charge in [-0.05, 0) is 24.1 Å². The van der Waals surface area contributed by atoms with Gasteiger partial charge in [0.15, 0.2) is 0 Å². The SMILES string of the molecule is CCc1ccc(NC(=O)c2cc(N)n[nH]2)cc1. The first-order valence-electron chi connectivity index (χ1n) is 5.40. The van der Waals surface area contributed by atoms with Crippen molar-refractivity contribution < 1.29 is 4.79 Å². The van der Waals surface area contributed by atoms with Crippen LogP contribution in [0.15, 0.2) is 30.3 Å². The number of hydrogen-bond acceptors (Lipinski definition) is 3. The highest BCUT2D eigenvalue weighted by Gasteiger charge is 2.08. The Labute approximate surface area is 99.0 Å². The lowest BCUT2D eigenvalue weighted by Crippen LogP contribution is -2.12. The summed E-state index contributed by atoms with van der Waals surface area (Å²) in [5.74, 6) is 0.0509. The minimum absolute atomic E-state index is 0.251. The van der Waals surface area contributed by atoms with E-state index in [1.807, 2.05) is 24.3 Å². The molecule has 0 fully saturated rings. The van der Waals surface area contributed by atoms with Gasteiger partial charge in [0.05, 0.1) is 0 Å². The van der Waals surface area contributed by atoms with E-state index in [1.165, 1.54) is 11.6 Å². The highest BCUT2D eigenvalue weighted by molar-refractivity contribution is 6.03. The monoisotopic (exact) mass is 230 g/mol. The van der Waals surface area contributed by atoms with Crippen LogP contribution in [-0.2, 0) is 6.42 Å². The number of aryl methyl sites for hydroxylation is 1. The third kappa shape index (κ3) is 2.63. The summed E-state index contributed by atoms with van der Waals surface area (Å²) in [7, 11) is 0. The van der Waals surface area contributed by atoms with E-state index in [9.17, 15) is 4.79 Å². The Bertz CT molecular complexity index is 516. The number of aromatic nitrogens is 2. The van der Waals surface area contributed by atoms with Crippen molar-refractivity contribution in [2.75, 3.05) is 11.1 Å². The van der Waals surface area contributed by atoms with Crippen LogP contribution in [-0.4, -0.2) is 16.1 Å². The predicted octanol–water partition coefficient (Wildman–Crippen LogP) is 1.81. The van der Waals surface area contributed by atoms with Gasteiger partial charge in [-0.15, -0.1) is 0 Å². The number of aromatic amines is 1. The maximum Gasteiger partial charge on any atom is 0.273 e. The van der Waals surface area contributed by atoms with Gasteiger partial charge < -0.3 is 11.1 Å². The molecule has 88 valence electrons. The topological polar surface area (TPSA) is 83.8 Å². The zero-order valence-electron chi connectivity index (χ0n) is 9.53. The molecule has 2 aromatic rings. The molecule has 0 saturated heterocycles. The summed E-state index contributed by atoms with van der Waals surface area (Å²) in [6.07, 6.45) is 0.977. The van der Waals surface area contributed by atoms with Gasteiger partial charge in [-0.25, -0.2) is 0 Å². The number of carbonyl (C=O) groups is 1. The highest BCUT2D eigenvalue weighted by Crippen LogP contribution is 2.11. The molecule has 1 aromatic carbocycles. The molecule has 1 aromatic heterocycles. The summed E-state index contributed by atoms with van der Waals surface area (Å²) in [4.78, 5) is 11.7. The number of nitrogens with one attached hydrogen (secondary N) is 2. The van der Waals surface area contributed by atoms with E-state index in [-0.39, 0.29) is 5.91 Å². The predicted molar refractivity (Wildman–Crippen MR) is 66.8 cm³/mol. The smallest absolute Gasteiger partial charge is 0.273 e. The van der Waals surface area contributed by atoms with E-state index >= 15 is 0 Å². The number of nitrogens with zero attached hydrogens (tertiary/aromatic N) is 1. The van der Waals surface area contributed by atoms with Crippen LogP contribution >= 0.6 is 0 Å². The molecular formula is C12H14N4O. The third-order valence-electron chi connectivity index (χ3n) is 2.46. The Balaban J connectivity index is 2.07. The maximum absolute atomic E-state index is 11.7. The second-order valence-electron chi connectivity index (χ2n) is 3.71. The lowest BCUT2D eigenvalue weighted by atomic mass is 10.1. The Morgan fingerprint density at radius 3 is 2.65 bits per heavy atom. The molecule has 1 amide bonds. The van der Waals surface area contributed by atoms with E-state index in [0.29, 0.717) is 11.5 Å². The van der Waals surface area contributed by atoms with Crippen molar-refractivity contribution in [3.63, 3.8) is 0 Å². The molecule has 5 nitrogen and oxygen atoms in total. The average Bonchev–Trinajstić information content (AvgIpc) is 2.77. The van der Waals surface area contributed by atoms with Crippen molar-refractivity contribution in [3.8, 4) is 0 Å². The van der Waals surface area contributed by atoms with Crippen molar-refractivity contribution in [2.24, 2.45) is 0 Å². The van der Waals surface area contributed by atoms with Gasteiger partial charge in [0, 0.05) is 11.8 Å². The third-order valence-corrected chi connectivity index (χ3v) is 2.46. The highest BCUT2D eigenvalue weighted by atomic mass is 16.1. The van der Waals surface area contributed by atoms with Gasteiger partial charge >= 0.3 is 0 Å². The number of benzene rings is 1. The normalized spacial score (nSPS) is 10.2. The van der Waals surface area contributed by atoms with E-state index in [1.54, 1.807) is 0 Å². The molecule has 0 saturated carbocycles. The van der Waals surface area contributed by atoms with Crippen molar-refractivity contribution in [1.29, 1.82) is 0 Å². The van der Waals surface area contributed by atoms with Crippen molar-refractivity contribution in [1.82, 2.24) is 10.2 Å². The molecule has 0 unspecified atom stereocenters. The second-order valence-corrected chi connectivity index (χ2v) is 3.71. The van der Waals surface area contributed by atoms with Crippen molar-refractivity contribution >= 4 is 17.4 Å². The molecule has 0 atom stereocenters. The quantitative estimate of drug-likeness (QED) is 0.751. The van der Waals surface area contributed by atoms with Gasteiger partial charge in [0.25, 0.3) is 5.91 Å². The number of hydrogen-bond donors (Lipinski definition) is 3. The lowest BCUT2D eigenvalue weighted by molar-refractivity contribution is 0.102. The molecule has 0 aliphatic rings. The van der Waals surface area contributed by atoms with Crippen molar-refractivity contribution in [2.45, 2.75) is 13.3 Å². The maximum atomic E-state index is 11.7. The lowest BCUT2D eigenvalue weighted by Gasteiger charge is -2.04. The number of carbonyl (C=O) groups excluding carboxylic acids is 1. The van der Waals surface area contributed by atoms with Gasteiger partial charge in [-0.1, -0.05) is 19.1 Å². The van der Waals surface area contributed by atoms with Crippen LogP contribution in [0, 0.1) is 0 Å². The van der Waals surface area contributed by atoms with Crippen molar-refractivity contribution in [3.05, 3.63) is 41.6 Å². The first-order chi connectivity index (χ1) is 8.19. The fourth-order valence-electron chi connectivity index (χ4n) is 1.48. The van der Waals surface area contributed by atoms with E-state index in [2.05, 4.69) is 22.4 Å². The van der Waals surface area contributed by atoms with Gasteiger partial charge in [0.1, 0.15) is 11.5 Å². The fraction of sp³-hybridized carbons (Fsp3) is 0.167. The number of H-pyrrole nitrogens is 1. The summed E-state index contributed by atoms with van der Waals surface area (Å²) in [5.41, 5.74) is 7.76. The Morgan fingerprint density at radius 2 is 2.12 bits per heavy atom. The van der Waals surface area contributed by atoms with Crippen LogP contribution in [0.1, 0.15) is 23.0 Å². The zero-order valence-corrected chi connectivity index (χ0v) is 9.53. The molecule has 4 N–H and O–H groups in total. The summed E-state index contributed by atoms with van der Waals surface area (Å²) in [6.45, 7) is 2.08. The minimum atomic E-state index is -0.251. The van der Waals surface area contributed by atoms with Crippen LogP contribution in [0.25, 0.3) is 0 Å². The first-order valence-corrected chi connectivity index (χ1v) is 5.40. The number of rotatable bonds is 3. The van der Waals surface area contributed by atoms with E-state index < -0.39 is 0 Å². The molecule has 0 bridgehead atoms. The molecular weight excluding hydrogens is 216 g/mol. The first kappa shape index (κ1) is 11.2. The van der Waals surface area contributed by atoms with Gasteiger partial charge in [-0.2, -0.15) is 5.10 Å². The molecule has 0 spiro atoms. The molecule has 0 aliphatic heterocycles. The molecule has 0 radical (unpaired) electrons. The number of anilines is 2. The molecule has 2 rings (SSSR count). The van der Waals surface area contributed by atoms with Crippen LogP contribution in [0.2, 0.25) is 0 Å². The summed E-state index contributed by atoms with van der Waals surface area (Å²) in [5, 5.41) is 9.02. The Kier molecular flexibility index (Phi) is 3.09. The average molecular weight is 230 g/mol. The molecule has 5 heteroatoms.